The molecule has 0 aliphatic carbocycles. The zero-order valence-corrected chi connectivity index (χ0v) is 13.1. The molecule has 1 fully saturated rings. The molecule has 2 atom stereocenters. The summed E-state index contributed by atoms with van der Waals surface area (Å²) in [6.45, 7) is 8.60. The lowest BCUT2D eigenvalue weighted by Crippen LogP contribution is -2.37. The average Bonchev–Trinajstić information content (AvgIpc) is 2.95. The molecule has 110 valence electrons. The van der Waals surface area contributed by atoms with Crippen LogP contribution in [0.4, 0.5) is 0 Å². The van der Waals surface area contributed by atoms with Crippen molar-refractivity contribution in [2.75, 3.05) is 13.1 Å². The van der Waals surface area contributed by atoms with Crippen molar-refractivity contribution in [3.63, 3.8) is 0 Å². The summed E-state index contributed by atoms with van der Waals surface area (Å²) in [6.07, 6.45) is 4.82. The third-order valence-electron chi connectivity index (χ3n) is 4.59. The zero-order valence-electron chi connectivity index (χ0n) is 13.1. The number of rotatable bonds is 6. The molecule has 0 saturated carbocycles. The van der Waals surface area contributed by atoms with E-state index in [2.05, 4.69) is 37.8 Å². The number of benzene rings is 1. The van der Waals surface area contributed by atoms with Gasteiger partial charge in [-0.2, -0.15) is 0 Å². The standard InChI is InChI=1S/C18H27NO/c1-4-6-16-11-12-19(13-16)14(3)18(20)17-9-7-15(5-2)8-10-17/h7-10,14,16H,4-6,11-13H2,1-3H3. The number of Topliss-reactive ketones (excluding diaryl/α,β-unsaturated/α-hetero) is 1. The van der Waals surface area contributed by atoms with Gasteiger partial charge in [0.2, 0.25) is 0 Å². The fourth-order valence-electron chi connectivity index (χ4n) is 3.17. The number of nitrogens with zero attached hydrogens (tertiary/aromatic N) is 1. The van der Waals surface area contributed by atoms with Gasteiger partial charge in [-0.05, 0) is 44.2 Å². The number of aryl methyl sites for hydroxylation is 1. The average molecular weight is 273 g/mol. The van der Waals surface area contributed by atoms with Gasteiger partial charge in [0, 0.05) is 12.1 Å². The van der Waals surface area contributed by atoms with Gasteiger partial charge in [0.1, 0.15) is 0 Å². The maximum absolute atomic E-state index is 12.6. The van der Waals surface area contributed by atoms with Crippen molar-refractivity contribution in [1.29, 1.82) is 0 Å². The van der Waals surface area contributed by atoms with Gasteiger partial charge in [-0.3, -0.25) is 9.69 Å². The summed E-state index contributed by atoms with van der Waals surface area (Å²) >= 11 is 0. The van der Waals surface area contributed by atoms with Crippen LogP contribution in [0.25, 0.3) is 0 Å². The van der Waals surface area contributed by atoms with Gasteiger partial charge >= 0.3 is 0 Å². The highest BCUT2D eigenvalue weighted by atomic mass is 16.1. The maximum Gasteiger partial charge on any atom is 0.179 e. The molecule has 2 unspecified atom stereocenters. The molecule has 2 nitrogen and oxygen atoms in total. The highest BCUT2D eigenvalue weighted by molar-refractivity contribution is 5.99. The Morgan fingerprint density at radius 1 is 1.30 bits per heavy atom. The zero-order chi connectivity index (χ0) is 14.5. The van der Waals surface area contributed by atoms with Crippen LogP contribution in [0.15, 0.2) is 24.3 Å². The van der Waals surface area contributed by atoms with E-state index in [9.17, 15) is 4.79 Å². The van der Waals surface area contributed by atoms with Crippen molar-refractivity contribution in [2.45, 2.75) is 52.5 Å². The molecule has 0 bridgehead atoms. The first-order valence-electron chi connectivity index (χ1n) is 8.02. The molecule has 0 N–H and O–H groups in total. The summed E-state index contributed by atoms with van der Waals surface area (Å²) in [7, 11) is 0. The molecule has 20 heavy (non-hydrogen) atoms. The second-order valence-electron chi connectivity index (χ2n) is 6.03. The third-order valence-corrected chi connectivity index (χ3v) is 4.59. The number of hydrogen-bond acceptors (Lipinski definition) is 2. The van der Waals surface area contributed by atoms with E-state index in [0.717, 1.165) is 31.0 Å². The van der Waals surface area contributed by atoms with E-state index in [1.807, 2.05) is 12.1 Å². The Kier molecular flexibility index (Phi) is 5.36. The molecule has 1 saturated heterocycles. The van der Waals surface area contributed by atoms with Crippen LogP contribution in [0.5, 0.6) is 0 Å². The molecule has 2 rings (SSSR count). The molecule has 0 radical (unpaired) electrons. The number of carbonyl (C=O) groups excluding carboxylic acids is 1. The monoisotopic (exact) mass is 273 g/mol. The van der Waals surface area contributed by atoms with E-state index < -0.39 is 0 Å². The van der Waals surface area contributed by atoms with Crippen LogP contribution in [0.2, 0.25) is 0 Å². The Labute approximate surface area is 123 Å². The molecule has 0 spiro atoms. The molecule has 1 aliphatic rings. The van der Waals surface area contributed by atoms with Crippen molar-refractivity contribution in [3.05, 3.63) is 35.4 Å². The summed E-state index contributed by atoms with van der Waals surface area (Å²) in [5.74, 6) is 1.06. The van der Waals surface area contributed by atoms with Gasteiger partial charge in [0.25, 0.3) is 0 Å². The van der Waals surface area contributed by atoms with Gasteiger partial charge in [0.05, 0.1) is 6.04 Å². The van der Waals surface area contributed by atoms with Gasteiger partial charge < -0.3 is 0 Å². The highest BCUT2D eigenvalue weighted by Crippen LogP contribution is 2.24. The summed E-state index contributed by atoms with van der Waals surface area (Å²) < 4.78 is 0. The number of carbonyl (C=O) groups is 1. The first-order valence-corrected chi connectivity index (χ1v) is 8.02. The molecule has 2 heteroatoms. The SMILES string of the molecule is CCCC1CCN(C(C)C(=O)c2ccc(CC)cc2)C1. The topological polar surface area (TPSA) is 20.3 Å². The molecular weight excluding hydrogens is 246 g/mol. The second kappa shape index (κ2) is 7.03. The molecule has 0 amide bonds. The predicted octanol–water partition coefficient (Wildman–Crippen LogP) is 3.94. The fraction of sp³-hybridized carbons (Fsp3) is 0.611. The summed E-state index contributed by atoms with van der Waals surface area (Å²) in [5, 5.41) is 0. The van der Waals surface area contributed by atoms with Crippen LogP contribution in [-0.4, -0.2) is 29.8 Å². The quantitative estimate of drug-likeness (QED) is 0.732. The Hall–Kier alpha value is -1.15. The minimum Gasteiger partial charge on any atom is -0.293 e. The van der Waals surface area contributed by atoms with Crippen molar-refractivity contribution in [3.8, 4) is 0 Å². The lowest BCUT2D eigenvalue weighted by molar-refractivity contribution is 0.0862. The Bertz CT molecular complexity index is 437. The normalized spacial score (nSPS) is 21.1. The minimum absolute atomic E-state index is 0.0179. The highest BCUT2D eigenvalue weighted by Gasteiger charge is 2.29. The first kappa shape index (κ1) is 15.2. The molecular formula is C18H27NO. The summed E-state index contributed by atoms with van der Waals surface area (Å²) in [4.78, 5) is 14.9. The van der Waals surface area contributed by atoms with E-state index in [4.69, 9.17) is 0 Å². The Morgan fingerprint density at radius 2 is 2.00 bits per heavy atom. The molecule has 1 aromatic carbocycles. The number of likely N-dealkylation sites (tertiary alicyclic amines) is 1. The molecule has 1 heterocycles. The Balaban J connectivity index is 1.97. The van der Waals surface area contributed by atoms with Gasteiger partial charge in [-0.15, -0.1) is 0 Å². The van der Waals surface area contributed by atoms with Gasteiger partial charge in [-0.25, -0.2) is 0 Å². The van der Waals surface area contributed by atoms with Gasteiger partial charge in [0.15, 0.2) is 5.78 Å². The van der Waals surface area contributed by atoms with Crippen molar-refractivity contribution in [2.24, 2.45) is 5.92 Å². The lowest BCUT2D eigenvalue weighted by Gasteiger charge is -2.23. The van der Waals surface area contributed by atoms with Crippen LogP contribution in [0.3, 0.4) is 0 Å². The summed E-state index contributed by atoms with van der Waals surface area (Å²) in [6, 6.07) is 8.13. The predicted molar refractivity (Wildman–Crippen MR) is 84.2 cm³/mol. The van der Waals surface area contributed by atoms with E-state index in [0.29, 0.717) is 0 Å². The van der Waals surface area contributed by atoms with Crippen LogP contribution in [0.1, 0.15) is 56.0 Å². The third kappa shape index (κ3) is 3.49. The maximum atomic E-state index is 12.6. The molecule has 1 aliphatic heterocycles. The van der Waals surface area contributed by atoms with Crippen LogP contribution >= 0.6 is 0 Å². The fourth-order valence-corrected chi connectivity index (χ4v) is 3.17. The first-order chi connectivity index (χ1) is 9.65. The second-order valence-corrected chi connectivity index (χ2v) is 6.03. The van der Waals surface area contributed by atoms with E-state index in [-0.39, 0.29) is 11.8 Å². The van der Waals surface area contributed by atoms with Crippen molar-refractivity contribution >= 4 is 5.78 Å². The molecule has 0 aromatic heterocycles. The van der Waals surface area contributed by atoms with E-state index >= 15 is 0 Å². The van der Waals surface area contributed by atoms with Crippen LogP contribution < -0.4 is 0 Å². The van der Waals surface area contributed by atoms with Crippen LogP contribution in [-0.2, 0) is 6.42 Å². The van der Waals surface area contributed by atoms with Crippen molar-refractivity contribution < 1.29 is 4.79 Å². The largest absolute Gasteiger partial charge is 0.293 e. The van der Waals surface area contributed by atoms with E-state index in [1.165, 1.54) is 24.8 Å². The minimum atomic E-state index is 0.0179. The number of ketones is 1. The smallest absolute Gasteiger partial charge is 0.179 e. The lowest BCUT2D eigenvalue weighted by atomic mass is 10.0. The molecule has 1 aromatic rings. The number of hydrogen-bond donors (Lipinski definition) is 0. The summed E-state index contributed by atoms with van der Waals surface area (Å²) in [5.41, 5.74) is 2.15. The van der Waals surface area contributed by atoms with E-state index in [1.54, 1.807) is 0 Å². The Morgan fingerprint density at radius 3 is 2.60 bits per heavy atom. The van der Waals surface area contributed by atoms with Crippen LogP contribution in [0, 0.1) is 5.92 Å². The van der Waals surface area contributed by atoms with Crippen molar-refractivity contribution in [1.82, 2.24) is 4.90 Å². The van der Waals surface area contributed by atoms with Gasteiger partial charge in [-0.1, -0.05) is 44.5 Å².